The molecule has 0 aromatic carbocycles. The molecule has 1 atom stereocenters. The van der Waals surface area contributed by atoms with E-state index in [4.69, 9.17) is 5.11 Å². The predicted octanol–water partition coefficient (Wildman–Crippen LogP) is 5.33. The van der Waals surface area contributed by atoms with Crippen LogP contribution in [-0.2, 0) is 9.59 Å². The third-order valence-electron chi connectivity index (χ3n) is 4.78. The molecule has 0 saturated heterocycles. The van der Waals surface area contributed by atoms with E-state index in [1.807, 2.05) is 46.8 Å². The normalized spacial score (nSPS) is 23.1. The van der Waals surface area contributed by atoms with E-state index in [1.54, 1.807) is 38.2 Å². The van der Waals surface area contributed by atoms with Crippen LogP contribution in [0.4, 0.5) is 0 Å². The lowest BCUT2D eigenvalue weighted by atomic mass is 9.61. The van der Waals surface area contributed by atoms with Gasteiger partial charge in [0.25, 0.3) is 0 Å². The van der Waals surface area contributed by atoms with E-state index in [9.17, 15) is 14.7 Å². The molecule has 0 aromatic heterocycles. The van der Waals surface area contributed by atoms with E-state index in [-0.39, 0.29) is 12.2 Å². The molecule has 2 N–H and O–H groups in total. The van der Waals surface area contributed by atoms with Gasteiger partial charge < -0.3 is 10.2 Å². The number of allylic oxidation sites excluding steroid dienone is 8. The Morgan fingerprint density at radius 2 is 1.82 bits per heavy atom. The van der Waals surface area contributed by atoms with Crippen molar-refractivity contribution in [3.8, 4) is 0 Å². The molecule has 1 aliphatic carbocycles. The number of carbonyl (C=O) groups excluding carboxylic acids is 1. The SMILES string of the molecule is C=C/C(=C\C=C/C)C1=C(C)C(O)(/C=C/C(C)=C\C(=O)O)C(C)(C)CC1=O.CC. The lowest BCUT2D eigenvalue weighted by Gasteiger charge is -2.46. The van der Waals surface area contributed by atoms with Gasteiger partial charge in [-0.05, 0) is 43.6 Å². The molecule has 4 heteroatoms. The number of rotatable bonds is 6. The number of carboxylic acids is 1. The zero-order valence-corrected chi connectivity index (χ0v) is 18.2. The Kier molecular flexibility index (Phi) is 9.82. The fourth-order valence-electron chi connectivity index (χ4n) is 3.21. The van der Waals surface area contributed by atoms with E-state index in [0.717, 1.165) is 6.08 Å². The molecule has 0 radical (unpaired) electrons. The van der Waals surface area contributed by atoms with Crippen molar-refractivity contribution in [2.45, 2.75) is 60.5 Å². The second kappa shape index (κ2) is 10.8. The van der Waals surface area contributed by atoms with Gasteiger partial charge in [-0.3, -0.25) is 4.79 Å². The Bertz CT molecular complexity index is 757. The van der Waals surface area contributed by atoms with Gasteiger partial charge in [-0.1, -0.05) is 64.7 Å². The molecule has 28 heavy (non-hydrogen) atoms. The molecule has 0 bridgehead atoms. The van der Waals surface area contributed by atoms with Crippen molar-refractivity contribution in [1.29, 1.82) is 0 Å². The molecule has 0 spiro atoms. The third kappa shape index (κ3) is 5.77. The number of carbonyl (C=O) groups is 2. The maximum absolute atomic E-state index is 12.8. The van der Waals surface area contributed by atoms with Gasteiger partial charge in [0.05, 0.1) is 0 Å². The largest absolute Gasteiger partial charge is 0.478 e. The number of carboxylic acid groups (broad SMARTS) is 1. The van der Waals surface area contributed by atoms with Crippen LogP contribution >= 0.6 is 0 Å². The van der Waals surface area contributed by atoms with E-state index < -0.39 is 17.0 Å². The van der Waals surface area contributed by atoms with Gasteiger partial charge in [-0.15, -0.1) is 0 Å². The smallest absolute Gasteiger partial charge is 0.328 e. The van der Waals surface area contributed by atoms with Crippen LogP contribution in [0.3, 0.4) is 0 Å². The first-order valence-electron chi connectivity index (χ1n) is 9.53. The average molecular weight is 387 g/mol. The summed E-state index contributed by atoms with van der Waals surface area (Å²) < 4.78 is 0. The molecular weight excluding hydrogens is 352 g/mol. The Labute approximate surface area is 169 Å². The van der Waals surface area contributed by atoms with Crippen molar-refractivity contribution in [1.82, 2.24) is 0 Å². The fourth-order valence-corrected chi connectivity index (χ4v) is 3.21. The number of hydrogen-bond donors (Lipinski definition) is 2. The van der Waals surface area contributed by atoms with E-state index in [2.05, 4.69) is 6.58 Å². The zero-order chi connectivity index (χ0) is 22.1. The third-order valence-corrected chi connectivity index (χ3v) is 4.78. The number of aliphatic hydroxyl groups is 1. The quantitative estimate of drug-likeness (QED) is 0.477. The van der Waals surface area contributed by atoms with Crippen LogP contribution in [0.15, 0.2) is 71.4 Å². The molecule has 1 aliphatic rings. The molecule has 0 aromatic rings. The van der Waals surface area contributed by atoms with Crippen molar-refractivity contribution >= 4 is 11.8 Å². The Hall–Kier alpha value is -2.46. The average Bonchev–Trinajstić information content (AvgIpc) is 2.62. The van der Waals surface area contributed by atoms with Gasteiger partial charge in [0.2, 0.25) is 0 Å². The molecule has 1 rings (SSSR count). The molecule has 0 saturated carbocycles. The molecule has 0 aliphatic heterocycles. The Balaban J connectivity index is 0.00000352. The lowest BCUT2D eigenvalue weighted by Crippen LogP contribution is -2.49. The van der Waals surface area contributed by atoms with Gasteiger partial charge in [0.1, 0.15) is 5.60 Å². The van der Waals surface area contributed by atoms with Gasteiger partial charge in [-0.25, -0.2) is 4.79 Å². The minimum absolute atomic E-state index is 0.0426. The topological polar surface area (TPSA) is 74.6 Å². The van der Waals surface area contributed by atoms with Crippen LogP contribution in [0.1, 0.15) is 54.9 Å². The maximum atomic E-state index is 12.8. The van der Waals surface area contributed by atoms with Gasteiger partial charge in [-0.2, -0.15) is 0 Å². The standard InChI is InChI=1S/C22H28O4.C2H6/c1-7-9-10-17(8-2)20-16(4)22(26,21(5,6)14-18(20)23)12-11-15(3)13-19(24)25;1-2/h7-13,26H,2,14H2,1,3-6H3,(H,24,25);1-2H3/b9-7-,12-11+,15-13-,17-10+;. The highest BCUT2D eigenvalue weighted by Gasteiger charge is 2.49. The van der Waals surface area contributed by atoms with Gasteiger partial charge in [0, 0.05) is 23.5 Å². The van der Waals surface area contributed by atoms with Crippen molar-refractivity contribution < 1.29 is 19.8 Å². The summed E-state index contributed by atoms with van der Waals surface area (Å²) in [6.45, 7) is 16.7. The summed E-state index contributed by atoms with van der Waals surface area (Å²) in [5.74, 6) is -1.09. The van der Waals surface area contributed by atoms with E-state index in [1.165, 1.54) is 0 Å². The van der Waals surface area contributed by atoms with Crippen LogP contribution in [0, 0.1) is 5.41 Å². The second-order valence-electron chi connectivity index (χ2n) is 7.16. The Morgan fingerprint density at radius 3 is 2.29 bits per heavy atom. The highest BCUT2D eigenvalue weighted by atomic mass is 16.4. The minimum Gasteiger partial charge on any atom is -0.478 e. The molecule has 1 unspecified atom stereocenters. The predicted molar refractivity (Wildman–Crippen MR) is 116 cm³/mol. The minimum atomic E-state index is -1.39. The molecule has 0 fully saturated rings. The van der Waals surface area contributed by atoms with E-state index in [0.29, 0.717) is 22.3 Å². The van der Waals surface area contributed by atoms with Crippen molar-refractivity contribution in [3.63, 3.8) is 0 Å². The van der Waals surface area contributed by atoms with Crippen molar-refractivity contribution in [2.75, 3.05) is 0 Å². The summed E-state index contributed by atoms with van der Waals surface area (Å²) in [6, 6.07) is 0. The van der Waals surface area contributed by atoms with E-state index >= 15 is 0 Å². The molecule has 0 heterocycles. The van der Waals surface area contributed by atoms with Crippen LogP contribution in [0.2, 0.25) is 0 Å². The highest BCUT2D eigenvalue weighted by Crippen LogP contribution is 2.48. The number of ketones is 1. The van der Waals surface area contributed by atoms with Crippen LogP contribution < -0.4 is 0 Å². The number of Topliss-reactive ketones (excluding diaryl/α,β-unsaturated/α-hetero) is 1. The fraction of sp³-hybridized carbons (Fsp3) is 0.417. The summed E-state index contributed by atoms with van der Waals surface area (Å²) >= 11 is 0. The van der Waals surface area contributed by atoms with Crippen LogP contribution in [0.25, 0.3) is 0 Å². The monoisotopic (exact) mass is 386 g/mol. The summed E-state index contributed by atoms with van der Waals surface area (Å²) in [4.78, 5) is 23.6. The van der Waals surface area contributed by atoms with Crippen molar-refractivity contribution in [3.05, 3.63) is 71.4 Å². The molecule has 154 valence electrons. The Morgan fingerprint density at radius 1 is 1.25 bits per heavy atom. The molecular formula is C24H34O4. The number of hydrogen-bond acceptors (Lipinski definition) is 3. The summed E-state index contributed by atoms with van der Waals surface area (Å²) in [6.07, 6.45) is 11.5. The van der Waals surface area contributed by atoms with Gasteiger partial charge in [0.15, 0.2) is 5.78 Å². The zero-order valence-electron chi connectivity index (χ0n) is 18.2. The van der Waals surface area contributed by atoms with Crippen LogP contribution in [0.5, 0.6) is 0 Å². The molecule has 4 nitrogen and oxygen atoms in total. The highest BCUT2D eigenvalue weighted by molar-refractivity contribution is 6.03. The lowest BCUT2D eigenvalue weighted by molar-refractivity contribution is -0.131. The van der Waals surface area contributed by atoms with Crippen molar-refractivity contribution in [2.24, 2.45) is 5.41 Å². The second-order valence-corrected chi connectivity index (χ2v) is 7.16. The summed E-state index contributed by atoms with van der Waals surface area (Å²) in [5.41, 5.74) is 0.0391. The maximum Gasteiger partial charge on any atom is 0.328 e. The number of aliphatic carboxylic acids is 1. The molecule has 0 amide bonds. The van der Waals surface area contributed by atoms with Crippen LogP contribution in [-0.4, -0.2) is 27.6 Å². The summed E-state index contributed by atoms with van der Waals surface area (Å²) in [5, 5.41) is 20.3. The summed E-state index contributed by atoms with van der Waals surface area (Å²) in [7, 11) is 0. The van der Waals surface area contributed by atoms with Gasteiger partial charge >= 0.3 is 5.97 Å². The first-order chi connectivity index (χ1) is 13.0. The first kappa shape index (κ1) is 25.5. The first-order valence-corrected chi connectivity index (χ1v) is 9.53.